The van der Waals surface area contributed by atoms with Crippen molar-refractivity contribution in [3.8, 4) is 5.75 Å². The molecule has 0 saturated carbocycles. The highest BCUT2D eigenvalue weighted by atomic mass is 16.5. The third kappa shape index (κ3) is 2.65. The van der Waals surface area contributed by atoms with Crippen molar-refractivity contribution in [1.29, 1.82) is 0 Å². The van der Waals surface area contributed by atoms with Gasteiger partial charge in [0.15, 0.2) is 6.29 Å². The number of rotatable bonds is 5. The molecular weight excluding hydrogens is 278 g/mol. The molecule has 0 amide bonds. The van der Waals surface area contributed by atoms with Gasteiger partial charge in [-0.1, -0.05) is 36.4 Å². The predicted octanol–water partition coefficient (Wildman–Crippen LogP) is 2.52. The molecule has 1 atom stereocenters. The smallest absolute Gasteiger partial charge is 0.216 e. The van der Waals surface area contributed by atoms with Crippen LogP contribution in [0.25, 0.3) is 0 Å². The van der Waals surface area contributed by atoms with E-state index in [1.165, 1.54) is 0 Å². The minimum absolute atomic E-state index is 0.390. The lowest BCUT2D eigenvalue weighted by molar-refractivity contribution is -0.133. The molecule has 0 saturated heterocycles. The van der Waals surface area contributed by atoms with Crippen molar-refractivity contribution in [3.05, 3.63) is 65.2 Å². The van der Waals surface area contributed by atoms with Gasteiger partial charge in [0.2, 0.25) is 5.78 Å². The minimum Gasteiger partial charge on any atom is -0.497 e. The molecule has 0 fully saturated rings. The van der Waals surface area contributed by atoms with E-state index in [0.29, 0.717) is 19.4 Å². The lowest BCUT2D eigenvalue weighted by Crippen LogP contribution is -2.28. The molecule has 22 heavy (non-hydrogen) atoms. The van der Waals surface area contributed by atoms with E-state index in [2.05, 4.69) is 0 Å². The summed E-state index contributed by atoms with van der Waals surface area (Å²) in [4.78, 5) is 25.1. The first-order valence-corrected chi connectivity index (χ1v) is 7.16. The molecule has 0 aromatic heterocycles. The molecule has 1 unspecified atom stereocenters. The van der Waals surface area contributed by atoms with Crippen molar-refractivity contribution in [2.75, 3.05) is 7.11 Å². The summed E-state index contributed by atoms with van der Waals surface area (Å²) < 4.78 is 5.15. The molecule has 0 radical (unpaired) electrons. The summed E-state index contributed by atoms with van der Waals surface area (Å²) in [6, 6.07) is 15.1. The number of nitrogens with zero attached hydrogens (tertiary/aromatic N) is 1. The standard InChI is InChI=1S/C18H17NO3/c1-22-15-8-6-13(7-9-15)10-19-11-14-4-2-3-5-16(14)18(19)17(21)12-20/h2-9,12,18H,10-11H2,1H3. The molecule has 4 heteroatoms. The van der Waals surface area contributed by atoms with E-state index in [9.17, 15) is 9.59 Å². The fourth-order valence-electron chi connectivity index (χ4n) is 2.96. The Balaban J connectivity index is 1.86. The first kappa shape index (κ1) is 14.5. The summed E-state index contributed by atoms with van der Waals surface area (Å²) in [7, 11) is 1.63. The molecule has 0 bridgehead atoms. The van der Waals surface area contributed by atoms with Crippen LogP contribution in [0.3, 0.4) is 0 Å². The largest absolute Gasteiger partial charge is 0.497 e. The number of aldehydes is 1. The number of ether oxygens (including phenoxy) is 1. The fraction of sp³-hybridized carbons (Fsp3) is 0.222. The number of methoxy groups -OCH3 is 1. The maximum absolute atomic E-state index is 12.0. The molecule has 1 aliphatic heterocycles. The Kier molecular flexibility index (Phi) is 4.02. The van der Waals surface area contributed by atoms with Crippen molar-refractivity contribution in [2.24, 2.45) is 0 Å². The summed E-state index contributed by atoms with van der Waals surface area (Å²) in [6.45, 7) is 1.29. The second-order valence-corrected chi connectivity index (χ2v) is 5.37. The number of Topliss-reactive ketones (excluding diaryl/α,β-unsaturated/α-hetero) is 1. The Morgan fingerprint density at radius 3 is 2.64 bits per heavy atom. The van der Waals surface area contributed by atoms with E-state index in [-0.39, 0.29) is 0 Å². The number of hydrogen-bond donors (Lipinski definition) is 0. The van der Waals surface area contributed by atoms with E-state index < -0.39 is 11.8 Å². The molecule has 112 valence electrons. The summed E-state index contributed by atoms with van der Waals surface area (Å²) in [5.74, 6) is 0.410. The van der Waals surface area contributed by atoms with Crippen LogP contribution in [0.2, 0.25) is 0 Å². The average Bonchev–Trinajstić information content (AvgIpc) is 2.92. The molecule has 1 heterocycles. The molecule has 3 rings (SSSR count). The average molecular weight is 295 g/mol. The first-order chi connectivity index (χ1) is 10.7. The van der Waals surface area contributed by atoms with Crippen LogP contribution >= 0.6 is 0 Å². The van der Waals surface area contributed by atoms with Gasteiger partial charge in [0.05, 0.1) is 7.11 Å². The zero-order valence-electron chi connectivity index (χ0n) is 12.4. The number of hydrogen-bond acceptors (Lipinski definition) is 4. The Morgan fingerprint density at radius 1 is 1.23 bits per heavy atom. The van der Waals surface area contributed by atoms with E-state index >= 15 is 0 Å². The Morgan fingerprint density at radius 2 is 1.95 bits per heavy atom. The van der Waals surface area contributed by atoms with Crippen LogP contribution in [0.15, 0.2) is 48.5 Å². The van der Waals surface area contributed by atoms with Gasteiger partial charge < -0.3 is 4.74 Å². The van der Waals surface area contributed by atoms with Crippen molar-refractivity contribution < 1.29 is 14.3 Å². The van der Waals surface area contributed by atoms with Gasteiger partial charge in [0, 0.05) is 13.1 Å². The molecule has 1 aliphatic rings. The molecule has 2 aromatic carbocycles. The van der Waals surface area contributed by atoms with Gasteiger partial charge in [0.1, 0.15) is 11.8 Å². The molecule has 0 N–H and O–H groups in total. The van der Waals surface area contributed by atoms with E-state index in [4.69, 9.17) is 4.74 Å². The topological polar surface area (TPSA) is 46.6 Å². The van der Waals surface area contributed by atoms with Gasteiger partial charge >= 0.3 is 0 Å². The maximum atomic E-state index is 12.0. The third-order valence-corrected chi connectivity index (χ3v) is 4.02. The van der Waals surface area contributed by atoms with Crippen molar-refractivity contribution in [3.63, 3.8) is 0 Å². The summed E-state index contributed by atoms with van der Waals surface area (Å²) in [5, 5.41) is 0. The molecule has 0 aliphatic carbocycles. The quantitative estimate of drug-likeness (QED) is 0.628. The van der Waals surface area contributed by atoms with E-state index in [1.54, 1.807) is 7.11 Å². The monoisotopic (exact) mass is 295 g/mol. The van der Waals surface area contributed by atoms with Crippen LogP contribution in [-0.2, 0) is 22.7 Å². The zero-order valence-corrected chi connectivity index (χ0v) is 12.4. The summed E-state index contributed by atoms with van der Waals surface area (Å²) in [6.07, 6.45) is 0.424. The van der Waals surface area contributed by atoms with Gasteiger partial charge in [-0.2, -0.15) is 0 Å². The number of carbonyl (C=O) groups is 2. The lowest BCUT2D eigenvalue weighted by atomic mass is 10.0. The van der Waals surface area contributed by atoms with Crippen LogP contribution in [0.5, 0.6) is 5.75 Å². The fourth-order valence-corrected chi connectivity index (χ4v) is 2.96. The molecular formula is C18H17NO3. The van der Waals surface area contributed by atoms with Crippen LogP contribution in [-0.4, -0.2) is 24.1 Å². The van der Waals surface area contributed by atoms with Crippen molar-refractivity contribution in [2.45, 2.75) is 19.1 Å². The van der Waals surface area contributed by atoms with Crippen molar-refractivity contribution >= 4 is 12.1 Å². The second kappa shape index (κ2) is 6.12. The molecule has 0 spiro atoms. The number of fused-ring (bicyclic) bond motifs is 1. The summed E-state index contributed by atoms with van der Waals surface area (Å²) in [5.41, 5.74) is 3.13. The van der Waals surface area contributed by atoms with Gasteiger partial charge in [0.25, 0.3) is 0 Å². The SMILES string of the molecule is COc1ccc(CN2Cc3ccccc3C2C(=O)C=O)cc1. The highest BCUT2D eigenvalue weighted by Crippen LogP contribution is 2.35. The number of carbonyl (C=O) groups excluding carboxylic acids is 2. The van der Waals surface area contributed by atoms with E-state index in [0.717, 1.165) is 22.4 Å². The predicted molar refractivity (Wildman–Crippen MR) is 82.5 cm³/mol. The minimum atomic E-state index is -0.476. The van der Waals surface area contributed by atoms with Crippen LogP contribution in [0.1, 0.15) is 22.7 Å². The van der Waals surface area contributed by atoms with Gasteiger partial charge in [-0.15, -0.1) is 0 Å². The molecule has 2 aromatic rings. The Bertz CT molecular complexity index is 694. The van der Waals surface area contributed by atoms with Crippen LogP contribution in [0.4, 0.5) is 0 Å². The van der Waals surface area contributed by atoms with Crippen molar-refractivity contribution in [1.82, 2.24) is 4.90 Å². The normalized spacial score (nSPS) is 17.0. The zero-order chi connectivity index (χ0) is 15.5. The lowest BCUT2D eigenvalue weighted by Gasteiger charge is -2.22. The van der Waals surface area contributed by atoms with Gasteiger partial charge in [-0.05, 0) is 28.8 Å². The molecule has 4 nitrogen and oxygen atoms in total. The highest BCUT2D eigenvalue weighted by molar-refractivity contribution is 6.27. The summed E-state index contributed by atoms with van der Waals surface area (Å²) >= 11 is 0. The highest BCUT2D eigenvalue weighted by Gasteiger charge is 2.34. The maximum Gasteiger partial charge on any atom is 0.216 e. The van der Waals surface area contributed by atoms with Gasteiger partial charge in [-0.3, -0.25) is 14.5 Å². The van der Waals surface area contributed by atoms with E-state index in [1.807, 2.05) is 53.4 Å². The first-order valence-electron chi connectivity index (χ1n) is 7.16. The number of ketones is 1. The Hall–Kier alpha value is -2.46. The van der Waals surface area contributed by atoms with Crippen LogP contribution < -0.4 is 4.74 Å². The Labute approximate surface area is 129 Å². The van der Waals surface area contributed by atoms with Crippen LogP contribution in [0, 0.1) is 0 Å². The number of benzene rings is 2. The second-order valence-electron chi connectivity index (χ2n) is 5.37. The third-order valence-electron chi connectivity index (χ3n) is 4.02. The van der Waals surface area contributed by atoms with Gasteiger partial charge in [-0.25, -0.2) is 0 Å².